The van der Waals surface area contributed by atoms with Crippen LogP contribution in [0, 0.1) is 0 Å². The number of hydrogen-bond acceptors (Lipinski definition) is 10. The molecular formula is C31H41NO10. The molecule has 0 aliphatic carbocycles. The molecular weight excluding hydrogens is 546 g/mol. The Hall–Kier alpha value is -4.15. The van der Waals surface area contributed by atoms with Crippen LogP contribution in [0.15, 0.2) is 24.3 Å². The fraction of sp³-hybridized carbons (Fsp3) is 0.516. The van der Waals surface area contributed by atoms with E-state index in [-0.39, 0.29) is 23.7 Å². The fourth-order valence-electron chi connectivity index (χ4n) is 5.04. The van der Waals surface area contributed by atoms with Crippen molar-refractivity contribution < 1.29 is 47.5 Å². The van der Waals surface area contributed by atoms with Gasteiger partial charge < -0.3 is 38.1 Å². The highest BCUT2D eigenvalue weighted by Gasteiger charge is 2.37. The Kier molecular flexibility index (Phi) is 12.1. The number of hydrogen-bond donors (Lipinski definition) is 0. The van der Waals surface area contributed by atoms with E-state index in [1.807, 2.05) is 12.1 Å². The van der Waals surface area contributed by atoms with Crippen molar-refractivity contribution in [2.24, 2.45) is 0 Å². The molecule has 1 aliphatic heterocycles. The van der Waals surface area contributed by atoms with Gasteiger partial charge in [0, 0.05) is 12.1 Å². The molecule has 1 heterocycles. The lowest BCUT2D eigenvalue weighted by Gasteiger charge is -2.33. The zero-order valence-electron chi connectivity index (χ0n) is 25.3. The average Bonchev–Trinajstić information content (AvgIpc) is 3.03. The Balaban J connectivity index is 1.55. The maximum atomic E-state index is 13.3. The van der Waals surface area contributed by atoms with Gasteiger partial charge in [0.25, 0.3) is 11.7 Å². The molecule has 3 rings (SSSR count). The Morgan fingerprint density at radius 3 is 1.79 bits per heavy atom. The number of likely N-dealkylation sites (tertiary alicyclic amines) is 1. The topological polar surface area (TPSA) is 119 Å². The first-order valence-electron chi connectivity index (χ1n) is 13.9. The van der Waals surface area contributed by atoms with Crippen LogP contribution in [0.4, 0.5) is 0 Å². The van der Waals surface area contributed by atoms with E-state index >= 15 is 0 Å². The van der Waals surface area contributed by atoms with Gasteiger partial charge in [-0.25, -0.2) is 4.79 Å². The monoisotopic (exact) mass is 587 g/mol. The van der Waals surface area contributed by atoms with E-state index in [1.165, 1.54) is 38.4 Å². The van der Waals surface area contributed by atoms with Gasteiger partial charge in [-0.3, -0.25) is 9.59 Å². The van der Waals surface area contributed by atoms with Crippen LogP contribution >= 0.6 is 0 Å². The third kappa shape index (κ3) is 7.57. The highest BCUT2D eigenvalue weighted by Crippen LogP contribution is 2.39. The lowest BCUT2D eigenvalue weighted by atomic mass is 10.00. The number of ketones is 1. The zero-order valence-corrected chi connectivity index (χ0v) is 25.3. The van der Waals surface area contributed by atoms with E-state index in [0.717, 1.165) is 31.2 Å². The first kappa shape index (κ1) is 32.4. The van der Waals surface area contributed by atoms with E-state index < -0.39 is 23.7 Å². The van der Waals surface area contributed by atoms with Crippen LogP contribution in [-0.2, 0) is 20.7 Å². The molecule has 0 aromatic heterocycles. The maximum absolute atomic E-state index is 13.3. The van der Waals surface area contributed by atoms with Crippen LogP contribution in [0.1, 0.15) is 54.4 Å². The smallest absolute Gasteiger partial charge is 0.328 e. The summed E-state index contributed by atoms with van der Waals surface area (Å²) in [6.07, 6.45) is 5.05. The van der Waals surface area contributed by atoms with Crippen LogP contribution in [0.3, 0.4) is 0 Å². The van der Waals surface area contributed by atoms with Crippen LogP contribution < -0.4 is 28.4 Å². The first-order valence-corrected chi connectivity index (χ1v) is 13.9. The van der Waals surface area contributed by atoms with Crippen molar-refractivity contribution in [3.8, 4) is 34.5 Å². The Labute approximate surface area is 246 Å². The minimum atomic E-state index is -0.809. The third-order valence-corrected chi connectivity index (χ3v) is 7.24. The number of rotatable bonds is 15. The summed E-state index contributed by atoms with van der Waals surface area (Å²) in [7, 11) is 9.04. The number of methoxy groups -OCH3 is 6. The van der Waals surface area contributed by atoms with Crippen molar-refractivity contribution >= 4 is 17.7 Å². The van der Waals surface area contributed by atoms with Crippen molar-refractivity contribution in [2.75, 3.05) is 55.8 Å². The lowest BCUT2D eigenvalue weighted by Crippen LogP contribution is -2.51. The number of benzene rings is 2. The van der Waals surface area contributed by atoms with Crippen LogP contribution in [0.25, 0.3) is 0 Å². The molecule has 11 nitrogen and oxygen atoms in total. The summed E-state index contributed by atoms with van der Waals surface area (Å²) in [5.74, 6) is 0.568. The van der Waals surface area contributed by atoms with Gasteiger partial charge in [-0.1, -0.05) is 0 Å². The van der Waals surface area contributed by atoms with Gasteiger partial charge in [0.15, 0.2) is 23.0 Å². The molecule has 0 spiro atoms. The molecule has 0 N–H and O–H groups in total. The van der Waals surface area contributed by atoms with E-state index in [9.17, 15) is 14.4 Å². The van der Waals surface area contributed by atoms with Gasteiger partial charge in [-0.05, 0) is 74.8 Å². The van der Waals surface area contributed by atoms with Crippen LogP contribution in [-0.4, -0.2) is 84.4 Å². The zero-order chi connectivity index (χ0) is 30.6. The van der Waals surface area contributed by atoms with Crippen molar-refractivity contribution in [2.45, 2.75) is 51.0 Å². The first-order chi connectivity index (χ1) is 20.3. The molecule has 1 fully saturated rings. The van der Waals surface area contributed by atoms with Crippen molar-refractivity contribution in [3.05, 3.63) is 35.4 Å². The average molecular weight is 588 g/mol. The van der Waals surface area contributed by atoms with Gasteiger partial charge in [-0.15, -0.1) is 0 Å². The predicted octanol–water partition coefficient (Wildman–Crippen LogP) is 4.26. The van der Waals surface area contributed by atoms with Gasteiger partial charge in [0.2, 0.25) is 11.5 Å². The second-order valence-corrected chi connectivity index (χ2v) is 9.77. The van der Waals surface area contributed by atoms with E-state index in [1.54, 1.807) is 21.3 Å². The summed E-state index contributed by atoms with van der Waals surface area (Å²) in [6.45, 7) is 0.525. The molecule has 1 amide bonds. The lowest BCUT2D eigenvalue weighted by molar-refractivity contribution is -0.155. The molecule has 11 heteroatoms. The number of carbonyl (C=O) groups is 3. The van der Waals surface area contributed by atoms with Crippen LogP contribution in [0.2, 0.25) is 0 Å². The number of esters is 1. The minimum Gasteiger partial charge on any atom is -0.493 e. The maximum Gasteiger partial charge on any atom is 0.328 e. The van der Waals surface area contributed by atoms with Crippen molar-refractivity contribution in [3.63, 3.8) is 0 Å². The molecule has 1 saturated heterocycles. The summed E-state index contributed by atoms with van der Waals surface area (Å²) in [6, 6.07) is 5.90. The number of Topliss-reactive ketones (excluding diaryl/α,β-unsaturated/α-hetero) is 1. The molecule has 42 heavy (non-hydrogen) atoms. The second kappa shape index (κ2) is 15.7. The number of carbonyl (C=O) groups excluding carboxylic acids is 3. The van der Waals surface area contributed by atoms with Crippen molar-refractivity contribution in [1.29, 1.82) is 0 Å². The fourth-order valence-corrected chi connectivity index (χ4v) is 5.04. The van der Waals surface area contributed by atoms with Gasteiger partial charge in [-0.2, -0.15) is 0 Å². The van der Waals surface area contributed by atoms with Crippen molar-refractivity contribution in [1.82, 2.24) is 4.90 Å². The number of aryl methyl sites for hydroxylation is 1. The van der Waals surface area contributed by atoms with E-state index in [0.29, 0.717) is 48.8 Å². The van der Waals surface area contributed by atoms with E-state index in [4.69, 9.17) is 33.2 Å². The quantitative estimate of drug-likeness (QED) is 0.129. The number of ether oxygens (including phenoxy) is 7. The molecule has 0 bridgehead atoms. The van der Waals surface area contributed by atoms with E-state index in [2.05, 4.69) is 0 Å². The molecule has 1 atom stereocenters. The molecule has 0 saturated carbocycles. The Morgan fingerprint density at radius 2 is 1.26 bits per heavy atom. The number of unbranched alkanes of at least 4 members (excludes halogenated alkanes) is 2. The Morgan fingerprint density at radius 1 is 0.714 bits per heavy atom. The number of piperidine rings is 1. The minimum absolute atomic E-state index is 0.0827. The SMILES string of the molecule is COc1cc(CCCCCOC(=O)C2CCCCN2C(=O)C(=O)c2cc(OC)c(OC)c(OC)c2)cc(OC)c1OC. The molecule has 230 valence electrons. The Bertz CT molecular complexity index is 1190. The molecule has 2 aromatic rings. The summed E-state index contributed by atoms with van der Waals surface area (Å²) < 4.78 is 37.7. The largest absolute Gasteiger partial charge is 0.493 e. The molecule has 1 aliphatic rings. The van der Waals surface area contributed by atoms with Gasteiger partial charge >= 0.3 is 5.97 Å². The molecule has 0 radical (unpaired) electrons. The normalized spacial score (nSPS) is 14.5. The summed E-state index contributed by atoms with van der Waals surface area (Å²) in [4.78, 5) is 40.8. The molecule has 2 aromatic carbocycles. The van der Waals surface area contributed by atoms with Gasteiger partial charge in [0.05, 0.1) is 49.3 Å². The highest BCUT2D eigenvalue weighted by atomic mass is 16.5. The van der Waals surface area contributed by atoms with Gasteiger partial charge in [0.1, 0.15) is 6.04 Å². The summed E-state index contributed by atoms with van der Waals surface area (Å²) >= 11 is 0. The number of nitrogens with zero attached hydrogens (tertiary/aromatic N) is 1. The highest BCUT2D eigenvalue weighted by molar-refractivity contribution is 6.43. The third-order valence-electron chi connectivity index (χ3n) is 7.24. The van der Waals surface area contributed by atoms with Crippen LogP contribution in [0.5, 0.6) is 34.5 Å². The molecule has 1 unspecified atom stereocenters. The summed E-state index contributed by atoms with van der Waals surface area (Å²) in [5.41, 5.74) is 1.13. The standard InChI is InChI=1S/C31H41NO10/c1-36-23-16-20(17-24(37-2)28(23)40-5)12-8-7-11-15-42-31(35)22-13-9-10-14-32(22)30(34)27(33)21-18-25(38-3)29(41-6)26(19-21)39-4/h16-19,22H,7-15H2,1-6H3. The second-order valence-electron chi connectivity index (χ2n) is 9.77. The number of amides is 1. The predicted molar refractivity (Wildman–Crippen MR) is 154 cm³/mol. The summed E-state index contributed by atoms with van der Waals surface area (Å²) in [5, 5.41) is 0.